The maximum Gasteiger partial charge on any atom is 0.331 e. The highest BCUT2D eigenvalue weighted by Gasteiger charge is 2.16. The predicted molar refractivity (Wildman–Crippen MR) is 69.2 cm³/mol. The molecule has 2 aromatic rings. The Morgan fingerprint density at radius 1 is 1.28 bits per heavy atom. The van der Waals surface area contributed by atoms with E-state index >= 15 is 0 Å². The van der Waals surface area contributed by atoms with E-state index in [1.807, 2.05) is 18.4 Å². The number of pyridine rings is 1. The fraction of sp³-hybridized carbons (Fsp3) is 0.0833. The Hall–Kier alpha value is -2.08. The van der Waals surface area contributed by atoms with Crippen LogP contribution in [0.25, 0.3) is 0 Å². The number of hydrogen-bond acceptors (Lipinski definition) is 5. The highest BCUT2D eigenvalue weighted by Crippen LogP contribution is 2.29. The number of rotatable bonds is 4. The van der Waals surface area contributed by atoms with Gasteiger partial charge < -0.3 is 4.74 Å². The fourth-order valence-electron chi connectivity index (χ4n) is 1.36. The molecule has 2 rings (SSSR count). The topological polar surface area (TPSA) is 65.3 Å². The van der Waals surface area contributed by atoms with Gasteiger partial charge in [-0.2, -0.15) is 0 Å². The molecule has 0 aliphatic carbocycles. The molecule has 92 valence electrons. The molecule has 18 heavy (non-hydrogen) atoms. The summed E-state index contributed by atoms with van der Waals surface area (Å²) in [5.74, 6) is 0.522. The van der Waals surface area contributed by atoms with Gasteiger partial charge in [0.15, 0.2) is 0 Å². The van der Waals surface area contributed by atoms with Crippen LogP contribution in [0.5, 0.6) is 11.6 Å². The van der Waals surface area contributed by atoms with Crippen LogP contribution in [0.1, 0.15) is 0 Å². The molecule has 0 saturated carbocycles. The molecule has 0 unspecified atom stereocenters. The number of ether oxygens (including phenoxy) is 1. The number of aromatic nitrogens is 1. The van der Waals surface area contributed by atoms with Crippen LogP contribution in [-0.2, 0) is 0 Å². The standard InChI is InChI=1S/C12H10N2O3S/c1-18-10-6-4-9(5-7-10)17-12-11(14(15)16)3-2-8-13-12/h2-8H,1H3. The number of hydrogen-bond donors (Lipinski definition) is 0. The highest BCUT2D eigenvalue weighted by molar-refractivity contribution is 7.98. The first-order valence-corrected chi connectivity index (χ1v) is 6.34. The van der Waals surface area contributed by atoms with E-state index in [0.29, 0.717) is 5.75 Å². The lowest BCUT2D eigenvalue weighted by molar-refractivity contribution is -0.386. The summed E-state index contributed by atoms with van der Waals surface area (Å²) >= 11 is 1.61. The average molecular weight is 262 g/mol. The largest absolute Gasteiger partial charge is 0.434 e. The summed E-state index contributed by atoms with van der Waals surface area (Å²) in [5, 5.41) is 10.8. The van der Waals surface area contributed by atoms with Crippen molar-refractivity contribution in [1.82, 2.24) is 4.98 Å². The zero-order chi connectivity index (χ0) is 13.0. The van der Waals surface area contributed by atoms with Gasteiger partial charge in [0.25, 0.3) is 5.88 Å². The molecule has 1 heterocycles. The van der Waals surface area contributed by atoms with Crippen molar-refractivity contribution >= 4 is 17.4 Å². The van der Waals surface area contributed by atoms with Crippen molar-refractivity contribution in [3.8, 4) is 11.6 Å². The third kappa shape index (κ3) is 2.78. The minimum Gasteiger partial charge on any atom is -0.434 e. The van der Waals surface area contributed by atoms with Crippen molar-refractivity contribution in [3.05, 3.63) is 52.7 Å². The van der Waals surface area contributed by atoms with Gasteiger partial charge in [0, 0.05) is 17.2 Å². The summed E-state index contributed by atoms with van der Waals surface area (Å²) in [6.07, 6.45) is 3.43. The van der Waals surface area contributed by atoms with Gasteiger partial charge in [-0.05, 0) is 36.6 Å². The molecule has 5 nitrogen and oxygen atoms in total. The van der Waals surface area contributed by atoms with Gasteiger partial charge in [-0.1, -0.05) is 0 Å². The lowest BCUT2D eigenvalue weighted by atomic mass is 10.3. The maximum atomic E-state index is 10.8. The van der Waals surface area contributed by atoms with Crippen molar-refractivity contribution < 1.29 is 9.66 Å². The second-order valence-corrected chi connectivity index (χ2v) is 4.24. The van der Waals surface area contributed by atoms with Gasteiger partial charge in [0.1, 0.15) is 5.75 Å². The van der Waals surface area contributed by atoms with E-state index in [1.165, 1.54) is 18.3 Å². The minimum atomic E-state index is -0.515. The second-order valence-electron chi connectivity index (χ2n) is 3.36. The minimum absolute atomic E-state index is 0.000554. The Morgan fingerprint density at radius 2 is 2.00 bits per heavy atom. The zero-order valence-electron chi connectivity index (χ0n) is 9.57. The van der Waals surface area contributed by atoms with Crippen LogP contribution in [-0.4, -0.2) is 16.2 Å². The Bertz CT molecular complexity index is 558. The zero-order valence-corrected chi connectivity index (χ0v) is 10.4. The Kier molecular flexibility index (Phi) is 3.78. The van der Waals surface area contributed by atoms with Gasteiger partial charge >= 0.3 is 5.69 Å². The first kappa shape index (κ1) is 12.4. The molecule has 0 aliphatic heterocycles. The highest BCUT2D eigenvalue weighted by atomic mass is 32.2. The Labute approximate surface area is 108 Å². The third-order valence-corrected chi connectivity index (χ3v) is 2.97. The van der Waals surface area contributed by atoms with Gasteiger partial charge in [0.05, 0.1) is 4.92 Å². The molecule has 0 fully saturated rings. The maximum absolute atomic E-state index is 10.8. The van der Waals surface area contributed by atoms with E-state index in [0.717, 1.165) is 4.90 Å². The summed E-state index contributed by atoms with van der Waals surface area (Å²) in [5.41, 5.74) is -0.147. The molecular weight excluding hydrogens is 252 g/mol. The third-order valence-electron chi connectivity index (χ3n) is 2.22. The molecule has 1 aromatic carbocycles. The first-order valence-electron chi connectivity index (χ1n) is 5.12. The number of nitrogens with zero attached hydrogens (tertiary/aromatic N) is 2. The van der Waals surface area contributed by atoms with Crippen LogP contribution < -0.4 is 4.74 Å². The molecule has 0 aliphatic rings. The average Bonchev–Trinajstić information content (AvgIpc) is 2.40. The smallest absolute Gasteiger partial charge is 0.331 e. The normalized spacial score (nSPS) is 10.1. The van der Waals surface area contributed by atoms with Crippen molar-refractivity contribution in [3.63, 3.8) is 0 Å². The van der Waals surface area contributed by atoms with Crippen molar-refractivity contribution in [2.75, 3.05) is 6.26 Å². The van der Waals surface area contributed by atoms with E-state index in [-0.39, 0.29) is 11.6 Å². The number of benzene rings is 1. The van der Waals surface area contributed by atoms with Crippen molar-refractivity contribution in [2.45, 2.75) is 4.90 Å². The lowest BCUT2D eigenvalue weighted by Gasteiger charge is -2.05. The van der Waals surface area contributed by atoms with Crippen LogP contribution >= 0.6 is 11.8 Å². The van der Waals surface area contributed by atoms with E-state index in [9.17, 15) is 10.1 Å². The van der Waals surface area contributed by atoms with E-state index in [1.54, 1.807) is 23.9 Å². The Balaban J connectivity index is 2.25. The fourth-order valence-corrected chi connectivity index (χ4v) is 1.76. The van der Waals surface area contributed by atoms with Gasteiger partial charge in [-0.3, -0.25) is 10.1 Å². The molecular formula is C12H10N2O3S. The predicted octanol–water partition coefficient (Wildman–Crippen LogP) is 3.50. The van der Waals surface area contributed by atoms with Crippen molar-refractivity contribution in [2.24, 2.45) is 0 Å². The molecule has 1 aromatic heterocycles. The molecule has 0 saturated heterocycles. The first-order chi connectivity index (χ1) is 8.70. The van der Waals surface area contributed by atoms with E-state index in [4.69, 9.17) is 4.74 Å². The molecule has 0 bridgehead atoms. The monoisotopic (exact) mass is 262 g/mol. The molecule has 6 heteroatoms. The van der Waals surface area contributed by atoms with E-state index in [2.05, 4.69) is 4.98 Å². The van der Waals surface area contributed by atoms with Gasteiger partial charge in [-0.15, -0.1) is 11.8 Å². The summed E-state index contributed by atoms with van der Waals surface area (Å²) < 4.78 is 5.41. The second kappa shape index (κ2) is 5.50. The van der Waals surface area contributed by atoms with Crippen LogP contribution in [0.15, 0.2) is 47.5 Å². The number of nitro groups is 1. The van der Waals surface area contributed by atoms with Crippen LogP contribution in [0, 0.1) is 10.1 Å². The molecule has 0 atom stereocenters. The number of thioether (sulfide) groups is 1. The SMILES string of the molecule is CSc1ccc(Oc2ncccc2[N+](=O)[O-])cc1. The molecule has 0 N–H and O–H groups in total. The molecule has 0 radical (unpaired) electrons. The van der Waals surface area contributed by atoms with Crippen LogP contribution in [0.3, 0.4) is 0 Å². The quantitative estimate of drug-likeness (QED) is 0.479. The van der Waals surface area contributed by atoms with Crippen LogP contribution in [0.4, 0.5) is 5.69 Å². The summed E-state index contributed by atoms with van der Waals surface area (Å²) in [6, 6.07) is 10.1. The van der Waals surface area contributed by atoms with Crippen LogP contribution in [0.2, 0.25) is 0 Å². The van der Waals surface area contributed by atoms with Gasteiger partial charge in [-0.25, -0.2) is 4.98 Å². The molecule has 0 amide bonds. The van der Waals surface area contributed by atoms with Gasteiger partial charge in [0.2, 0.25) is 0 Å². The summed E-state index contributed by atoms with van der Waals surface area (Å²) in [4.78, 5) is 15.2. The van der Waals surface area contributed by atoms with Crippen molar-refractivity contribution in [1.29, 1.82) is 0 Å². The Morgan fingerprint density at radius 3 is 2.61 bits per heavy atom. The summed E-state index contributed by atoms with van der Waals surface area (Å²) in [7, 11) is 0. The van der Waals surface area contributed by atoms with E-state index < -0.39 is 4.92 Å². The molecule has 0 spiro atoms. The summed E-state index contributed by atoms with van der Waals surface area (Å²) in [6.45, 7) is 0. The lowest BCUT2D eigenvalue weighted by Crippen LogP contribution is -1.95.